The minimum atomic E-state index is -6.16. The molecular weight excluding hydrogens is 345 g/mol. The van der Waals surface area contributed by atoms with Crippen molar-refractivity contribution in [3.63, 3.8) is 0 Å². The van der Waals surface area contributed by atoms with Gasteiger partial charge in [-0.25, -0.2) is 4.74 Å². The van der Waals surface area contributed by atoms with Crippen LogP contribution in [0.25, 0.3) is 0 Å². The first-order valence-corrected chi connectivity index (χ1v) is 5.35. The Balaban J connectivity index is 2.92. The summed E-state index contributed by atoms with van der Waals surface area (Å²) in [5.41, 5.74) is -1.08. The lowest BCUT2D eigenvalue weighted by atomic mass is 10.2. The van der Waals surface area contributed by atoms with Gasteiger partial charge in [-0.05, 0) is 12.1 Å². The fraction of sp³-hybridized carbons (Fsp3) is 0.300. The molecule has 0 radical (unpaired) electrons. The number of amides is 1. The van der Waals surface area contributed by atoms with Gasteiger partial charge in [0.1, 0.15) is 0 Å². The molecule has 128 valence electrons. The van der Waals surface area contributed by atoms with Gasteiger partial charge in [0, 0.05) is 17.8 Å². The Kier molecular flexibility index (Phi) is 4.84. The second-order valence-electron chi connectivity index (χ2n) is 3.90. The SMILES string of the molecule is O=C(Nc1ccc([N+](=O)[O-])cc1)C(F)(F)C(F)(F)OC(F)(F)F. The van der Waals surface area contributed by atoms with Crippen molar-refractivity contribution in [2.75, 3.05) is 5.32 Å². The van der Waals surface area contributed by atoms with Gasteiger partial charge in [0.15, 0.2) is 0 Å². The molecule has 13 heteroatoms. The van der Waals surface area contributed by atoms with Crippen molar-refractivity contribution in [2.45, 2.75) is 18.4 Å². The Morgan fingerprint density at radius 2 is 1.52 bits per heavy atom. The van der Waals surface area contributed by atoms with E-state index in [0.29, 0.717) is 0 Å². The molecule has 0 heterocycles. The van der Waals surface area contributed by atoms with Gasteiger partial charge in [-0.2, -0.15) is 17.6 Å². The summed E-state index contributed by atoms with van der Waals surface area (Å²) in [6.45, 7) is 0. The molecule has 6 nitrogen and oxygen atoms in total. The van der Waals surface area contributed by atoms with E-state index < -0.39 is 40.6 Å². The molecule has 0 unspecified atom stereocenters. The van der Waals surface area contributed by atoms with Gasteiger partial charge in [0.2, 0.25) is 0 Å². The van der Waals surface area contributed by atoms with E-state index in [9.17, 15) is 45.6 Å². The van der Waals surface area contributed by atoms with Crippen LogP contribution in [0.5, 0.6) is 0 Å². The molecule has 0 atom stereocenters. The Morgan fingerprint density at radius 3 is 1.91 bits per heavy atom. The molecule has 0 bridgehead atoms. The third-order valence-electron chi connectivity index (χ3n) is 2.23. The van der Waals surface area contributed by atoms with Gasteiger partial charge in [-0.15, -0.1) is 13.2 Å². The minimum Gasteiger partial charge on any atom is -0.321 e. The maximum atomic E-state index is 13.1. The monoisotopic (exact) mass is 350 g/mol. The van der Waals surface area contributed by atoms with Crippen molar-refractivity contribution in [3.8, 4) is 0 Å². The molecule has 23 heavy (non-hydrogen) atoms. The molecule has 0 aromatic heterocycles. The number of nitrogens with zero attached hydrogens (tertiary/aromatic N) is 1. The zero-order chi connectivity index (χ0) is 18.1. The number of rotatable bonds is 5. The van der Waals surface area contributed by atoms with Crippen LogP contribution in [-0.2, 0) is 9.53 Å². The summed E-state index contributed by atoms with van der Waals surface area (Å²) >= 11 is 0. The molecule has 0 saturated carbocycles. The van der Waals surface area contributed by atoms with Crippen LogP contribution < -0.4 is 5.32 Å². The molecule has 1 aromatic rings. The number of hydrogen-bond donors (Lipinski definition) is 1. The molecule has 0 spiro atoms. The number of halogens is 7. The second-order valence-corrected chi connectivity index (χ2v) is 3.90. The lowest BCUT2D eigenvalue weighted by Gasteiger charge is -2.25. The lowest BCUT2D eigenvalue weighted by molar-refractivity contribution is -0.457. The Hall–Kier alpha value is -2.44. The number of nitro benzene ring substituents is 1. The summed E-state index contributed by atoms with van der Waals surface area (Å²) in [5.74, 6) is -8.65. The average Bonchev–Trinajstić information content (AvgIpc) is 2.36. The van der Waals surface area contributed by atoms with Gasteiger partial charge in [0.05, 0.1) is 4.92 Å². The maximum absolute atomic E-state index is 13.1. The zero-order valence-corrected chi connectivity index (χ0v) is 10.5. The highest BCUT2D eigenvalue weighted by atomic mass is 19.4. The van der Waals surface area contributed by atoms with E-state index in [1.807, 2.05) is 4.74 Å². The smallest absolute Gasteiger partial charge is 0.321 e. The molecular formula is C10H5F7N2O4. The first-order chi connectivity index (χ1) is 10.3. The van der Waals surface area contributed by atoms with Crippen molar-refractivity contribution >= 4 is 17.3 Å². The highest BCUT2D eigenvalue weighted by Gasteiger charge is 2.67. The van der Waals surface area contributed by atoms with E-state index in [1.165, 1.54) is 5.32 Å². The van der Waals surface area contributed by atoms with Gasteiger partial charge in [0.25, 0.3) is 5.69 Å². The Morgan fingerprint density at radius 1 is 1.04 bits per heavy atom. The predicted molar refractivity (Wildman–Crippen MR) is 58.8 cm³/mol. The maximum Gasteiger partial charge on any atom is 0.527 e. The largest absolute Gasteiger partial charge is 0.527 e. The van der Waals surface area contributed by atoms with E-state index in [2.05, 4.69) is 0 Å². The molecule has 0 saturated heterocycles. The highest BCUT2D eigenvalue weighted by Crippen LogP contribution is 2.40. The van der Waals surface area contributed by atoms with Crippen LogP contribution in [0.2, 0.25) is 0 Å². The highest BCUT2D eigenvalue weighted by molar-refractivity contribution is 5.96. The summed E-state index contributed by atoms with van der Waals surface area (Å²) in [7, 11) is 0. The molecule has 0 fully saturated rings. The van der Waals surface area contributed by atoms with Crippen molar-refractivity contribution in [1.82, 2.24) is 0 Å². The number of anilines is 1. The van der Waals surface area contributed by atoms with E-state index in [4.69, 9.17) is 0 Å². The molecule has 0 aliphatic rings. The third-order valence-corrected chi connectivity index (χ3v) is 2.23. The number of hydrogen-bond acceptors (Lipinski definition) is 4. The van der Waals surface area contributed by atoms with Gasteiger partial charge < -0.3 is 5.32 Å². The summed E-state index contributed by atoms with van der Waals surface area (Å²) in [5, 5.41) is 11.5. The topological polar surface area (TPSA) is 81.5 Å². The summed E-state index contributed by atoms with van der Waals surface area (Å²) in [6.07, 6.45) is -12.3. The van der Waals surface area contributed by atoms with Crippen LogP contribution in [0.15, 0.2) is 24.3 Å². The molecule has 0 aliphatic carbocycles. The standard InChI is InChI=1S/C10H5F7N2O4/c11-8(12,9(13,14)23-10(15,16)17)7(20)18-5-1-3-6(4-2-5)19(21)22/h1-4H,(H,18,20). The van der Waals surface area contributed by atoms with E-state index in [-0.39, 0.29) is 0 Å². The zero-order valence-electron chi connectivity index (χ0n) is 10.5. The second kappa shape index (κ2) is 5.98. The van der Waals surface area contributed by atoms with Crippen LogP contribution in [0.1, 0.15) is 0 Å². The van der Waals surface area contributed by atoms with Gasteiger partial charge >= 0.3 is 24.3 Å². The number of alkyl halides is 7. The van der Waals surface area contributed by atoms with Crippen molar-refractivity contribution in [3.05, 3.63) is 34.4 Å². The Labute approximate surface area is 122 Å². The van der Waals surface area contributed by atoms with Crippen LogP contribution in [0, 0.1) is 10.1 Å². The van der Waals surface area contributed by atoms with Gasteiger partial charge in [-0.3, -0.25) is 14.9 Å². The third kappa shape index (κ3) is 4.51. The van der Waals surface area contributed by atoms with Crippen molar-refractivity contribution < 1.29 is 45.2 Å². The van der Waals surface area contributed by atoms with E-state index in [1.54, 1.807) is 0 Å². The molecule has 1 amide bonds. The number of non-ortho nitro benzene ring substituents is 1. The molecule has 1 rings (SSSR count). The quantitative estimate of drug-likeness (QED) is 0.502. The van der Waals surface area contributed by atoms with Crippen LogP contribution in [0.4, 0.5) is 42.1 Å². The van der Waals surface area contributed by atoms with E-state index >= 15 is 0 Å². The van der Waals surface area contributed by atoms with Crippen LogP contribution in [0.3, 0.4) is 0 Å². The average molecular weight is 350 g/mol. The number of nitro groups is 1. The van der Waals surface area contributed by atoms with Crippen LogP contribution in [-0.4, -0.2) is 29.2 Å². The number of benzene rings is 1. The molecule has 1 aromatic carbocycles. The van der Waals surface area contributed by atoms with Crippen molar-refractivity contribution in [1.29, 1.82) is 0 Å². The number of nitrogens with one attached hydrogen (secondary N) is 1. The summed E-state index contributed by atoms with van der Waals surface area (Å²) < 4.78 is 88.8. The first kappa shape index (κ1) is 18.6. The minimum absolute atomic E-state index is 0.500. The normalized spacial score (nSPS) is 12.8. The summed E-state index contributed by atoms with van der Waals surface area (Å²) in [6, 6.07) is 2.93. The van der Waals surface area contributed by atoms with Crippen LogP contribution >= 0.6 is 0 Å². The molecule has 0 aliphatic heterocycles. The van der Waals surface area contributed by atoms with Gasteiger partial charge in [-0.1, -0.05) is 0 Å². The predicted octanol–water partition coefficient (Wildman–Crippen LogP) is 3.30. The Bertz CT molecular complexity index is 600. The number of ether oxygens (including phenoxy) is 1. The fourth-order valence-electron chi connectivity index (χ4n) is 1.22. The number of carbonyl (C=O) groups excluding carboxylic acids is 1. The fourth-order valence-corrected chi connectivity index (χ4v) is 1.22. The first-order valence-electron chi connectivity index (χ1n) is 5.35. The summed E-state index contributed by atoms with van der Waals surface area (Å²) in [4.78, 5) is 20.5. The van der Waals surface area contributed by atoms with Crippen molar-refractivity contribution in [2.24, 2.45) is 0 Å². The van der Waals surface area contributed by atoms with E-state index in [0.717, 1.165) is 24.3 Å². The lowest BCUT2D eigenvalue weighted by Crippen LogP contribution is -2.53. The molecule has 1 N–H and O–H groups in total. The number of carbonyl (C=O) groups is 1.